The molecule has 0 spiro atoms. The second kappa shape index (κ2) is 14.2. The average molecular weight is 674 g/mol. The van der Waals surface area contributed by atoms with E-state index in [0.717, 1.165) is 16.7 Å². The third-order valence-electron chi connectivity index (χ3n) is 9.22. The van der Waals surface area contributed by atoms with E-state index in [-0.39, 0.29) is 42.0 Å². The summed E-state index contributed by atoms with van der Waals surface area (Å²) in [7, 11) is 3.23. The molecule has 0 saturated carbocycles. The maximum Gasteiger partial charge on any atom is 0.168 e. The number of fused-ring (bicyclic) bond motifs is 1. The van der Waals surface area contributed by atoms with E-state index in [4.69, 9.17) is 18.9 Å². The number of halogens is 1. The van der Waals surface area contributed by atoms with Crippen molar-refractivity contribution >= 4 is 16.8 Å². The highest BCUT2D eigenvalue weighted by Gasteiger charge is 2.42. The molecule has 6 aromatic rings. The second-order valence-corrected chi connectivity index (χ2v) is 12.1. The number of ether oxygens (including phenoxy) is 4. The van der Waals surface area contributed by atoms with Gasteiger partial charge in [0.2, 0.25) is 0 Å². The molecule has 7 rings (SSSR count). The number of Topliss-reactive ketones (excluding diaryl/α,β-unsaturated/α-hetero) is 1. The molecule has 0 bridgehead atoms. The van der Waals surface area contributed by atoms with Crippen LogP contribution in [0.2, 0.25) is 0 Å². The predicted molar refractivity (Wildman–Crippen MR) is 185 cm³/mol. The van der Waals surface area contributed by atoms with Crippen molar-refractivity contribution in [2.24, 2.45) is 0 Å². The van der Waals surface area contributed by atoms with Crippen LogP contribution in [-0.2, 0) is 21.5 Å². The van der Waals surface area contributed by atoms with Gasteiger partial charge in [-0.15, -0.1) is 0 Å². The summed E-state index contributed by atoms with van der Waals surface area (Å²) < 4.78 is 41.4. The van der Waals surface area contributed by atoms with Gasteiger partial charge in [-0.2, -0.15) is 0 Å². The zero-order valence-electron chi connectivity index (χ0n) is 27.6. The smallest absolute Gasteiger partial charge is 0.168 e. The van der Waals surface area contributed by atoms with Crippen molar-refractivity contribution in [3.05, 3.63) is 155 Å². The highest BCUT2D eigenvalue weighted by Crippen LogP contribution is 2.43. The molecule has 50 heavy (non-hydrogen) atoms. The van der Waals surface area contributed by atoms with E-state index in [1.165, 1.54) is 12.5 Å². The van der Waals surface area contributed by atoms with Gasteiger partial charge in [0.25, 0.3) is 0 Å². The van der Waals surface area contributed by atoms with Crippen LogP contribution in [0.25, 0.3) is 11.0 Å². The van der Waals surface area contributed by atoms with Crippen molar-refractivity contribution in [2.45, 2.75) is 36.9 Å². The van der Waals surface area contributed by atoms with Crippen molar-refractivity contribution in [2.75, 3.05) is 20.8 Å². The van der Waals surface area contributed by atoms with Crippen LogP contribution < -0.4 is 9.47 Å². The molecular formula is C40H36FN3O6. The second-order valence-electron chi connectivity index (χ2n) is 12.1. The van der Waals surface area contributed by atoms with Gasteiger partial charge in [-0.3, -0.25) is 4.79 Å². The SMILES string of the molecule is COc1ccc(C(OC[C@H]2O[C@@H](n3cc(F)c4c(CC(=O)c5ccccc5)ncnc43)C[C@@H]2O)(c2ccccc2)c2ccc(OC)cc2)cc1. The molecule has 4 aromatic carbocycles. The summed E-state index contributed by atoms with van der Waals surface area (Å²) in [6.45, 7) is -0.00187. The minimum Gasteiger partial charge on any atom is -0.497 e. The van der Waals surface area contributed by atoms with E-state index in [9.17, 15) is 9.90 Å². The normalized spacial score (nSPS) is 17.6. The van der Waals surface area contributed by atoms with Crippen LogP contribution in [0.5, 0.6) is 11.5 Å². The first-order chi connectivity index (χ1) is 24.4. The highest BCUT2D eigenvalue weighted by atomic mass is 19.1. The van der Waals surface area contributed by atoms with Crippen LogP contribution >= 0.6 is 0 Å². The summed E-state index contributed by atoms with van der Waals surface area (Å²) in [5.41, 5.74) is 2.51. The van der Waals surface area contributed by atoms with Gasteiger partial charge in [-0.05, 0) is 41.0 Å². The van der Waals surface area contributed by atoms with Crippen LogP contribution in [0.3, 0.4) is 0 Å². The number of aromatic nitrogens is 3. The molecule has 3 atom stereocenters. The zero-order valence-corrected chi connectivity index (χ0v) is 27.6. The number of methoxy groups -OCH3 is 2. The molecule has 1 N–H and O–H groups in total. The predicted octanol–water partition coefficient (Wildman–Crippen LogP) is 6.67. The quantitative estimate of drug-likeness (QED) is 0.114. The fourth-order valence-electron chi connectivity index (χ4n) is 6.65. The van der Waals surface area contributed by atoms with Gasteiger partial charge in [0.1, 0.15) is 41.4 Å². The molecule has 0 aliphatic carbocycles. The first-order valence-corrected chi connectivity index (χ1v) is 16.3. The first kappa shape index (κ1) is 33.1. The molecule has 3 heterocycles. The Hall–Kier alpha value is -5.42. The van der Waals surface area contributed by atoms with Crippen LogP contribution in [0.4, 0.5) is 4.39 Å². The van der Waals surface area contributed by atoms with Gasteiger partial charge in [0.05, 0.1) is 44.4 Å². The van der Waals surface area contributed by atoms with Crippen molar-refractivity contribution < 1.29 is 33.2 Å². The molecule has 0 unspecified atom stereocenters. The number of aliphatic hydroxyl groups excluding tert-OH is 1. The molecule has 1 aliphatic heterocycles. The van der Waals surface area contributed by atoms with E-state index >= 15 is 4.39 Å². The molecule has 254 valence electrons. The lowest BCUT2D eigenvalue weighted by Gasteiger charge is -2.37. The molecule has 0 radical (unpaired) electrons. The molecule has 1 aliphatic rings. The summed E-state index contributed by atoms with van der Waals surface area (Å²) in [5.74, 6) is 0.644. The number of carbonyl (C=O) groups is 1. The number of hydrogen-bond acceptors (Lipinski definition) is 8. The van der Waals surface area contributed by atoms with Crippen LogP contribution in [0, 0.1) is 5.82 Å². The molecule has 1 saturated heterocycles. The molecule has 2 aromatic heterocycles. The van der Waals surface area contributed by atoms with Crippen LogP contribution in [0.15, 0.2) is 122 Å². The Bertz CT molecular complexity index is 2020. The number of benzene rings is 4. The van der Waals surface area contributed by atoms with Gasteiger partial charge in [-0.25, -0.2) is 14.4 Å². The largest absolute Gasteiger partial charge is 0.497 e. The number of hydrogen-bond donors (Lipinski definition) is 1. The Morgan fingerprint density at radius 1 is 0.860 bits per heavy atom. The summed E-state index contributed by atoms with van der Waals surface area (Å²) in [4.78, 5) is 21.6. The molecule has 10 heteroatoms. The standard InChI is InChI=1S/C40H36FN3O6/c1-47-30-17-13-28(14-18-30)40(27-11-7-4-8-12-27,29-15-19-31(48-2)20-16-29)49-24-36-35(46)22-37(50-36)44-23-32(41)38-33(42-25-43-39(38)44)21-34(45)26-9-5-3-6-10-26/h3-20,23,25,35-37,46H,21-22,24H2,1-2H3/t35-,36+,37+/m0/s1. The minimum absolute atomic E-state index is 0.00187. The van der Waals surface area contributed by atoms with E-state index in [1.807, 2.05) is 84.9 Å². The van der Waals surface area contributed by atoms with Crippen molar-refractivity contribution in [1.82, 2.24) is 14.5 Å². The molecular weight excluding hydrogens is 637 g/mol. The van der Waals surface area contributed by atoms with E-state index in [0.29, 0.717) is 17.1 Å². The van der Waals surface area contributed by atoms with Crippen molar-refractivity contribution in [3.8, 4) is 11.5 Å². The number of aliphatic hydroxyl groups is 1. The summed E-state index contributed by atoms with van der Waals surface area (Å²) in [6, 6.07) is 34.0. The fraction of sp³-hybridized carbons (Fsp3) is 0.225. The lowest BCUT2D eigenvalue weighted by molar-refractivity contribution is -0.0930. The Morgan fingerprint density at radius 3 is 2.04 bits per heavy atom. The Morgan fingerprint density at radius 2 is 1.44 bits per heavy atom. The van der Waals surface area contributed by atoms with Gasteiger partial charge in [0, 0.05) is 18.2 Å². The Balaban J connectivity index is 1.19. The zero-order chi connectivity index (χ0) is 34.7. The Kier molecular flexibility index (Phi) is 9.40. The third kappa shape index (κ3) is 6.24. The lowest BCUT2D eigenvalue weighted by Crippen LogP contribution is -2.38. The van der Waals surface area contributed by atoms with Gasteiger partial charge >= 0.3 is 0 Å². The summed E-state index contributed by atoms with van der Waals surface area (Å²) >= 11 is 0. The molecule has 1 fully saturated rings. The topological polar surface area (TPSA) is 105 Å². The highest BCUT2D eigenvalue weighted by molar-refractivity contribution is 5.99. The van der Waals surface area contributed by atoms with Crippen molar-refractivity contribution in [1.29, 1.82) is 0 Å². The molecule has 0 amide bonds. The number of ketones is 1. The van der Waals surface area contributed by atoms with E-state index < -0.39 is 29.9 Å². The maximum atomic E-state index is 15.6. The first-order valence-electron chi connectivity index (χ1n) is 16.3. The van der Waals surface area contributed by atoms with Crippen molar-refractivity contribution in [3.63, 3.8) is 0 Å². The third-order valence-corrected chi connectivity index (χ3v) is 9.22. The lowest BCUT2D eigenvalue weighted by atomic mass is 9.80. The van der Waals surface area contributed by atoms with Gasteiger partial charge < -0.3 is 28.6 Å². The molecule has 9 nitrogen and oxygen atoms in total. The van der Waals surface area contributed by atoms with E-state index in [1.54, 1.807) is 43.1 Å². The van der Waals surface area contributed by atoms with Gasteiger partial charge in [0.15, 0.2) is 11.6 Å². The fourth-order valence-corrected chi connectivity index (χ4v) is 6.65. The summed E-state index contributed by atoms with van der Waals surface area (Å²) in [5, 5.41) is 11.5. The van der Waals surface area contributed by atoms with Crippen LogP contribution in [0.1, 0.15) is 45.4 Å². The average Bonchev–Trinajstić information content (AvgIpc) is 3.72. The number of carbonyl (C=O) groups excluding carboxylic acids is 1. The monoisotopic (exact) mass is 673 g/mol. The number of nitrogens with zero attached hydrogens (tertiary/aromatic N) is 3. The van der Waals surface area contributed by atoms with Crippen LogP contribution in [-0.4, -0.2) is 58.5 Å². The maximum absolute atomic E-state index is 15.6. The van der Waals surface area contributed by atoms with E-state index in [2.05, 4.69) is 9.97 Å². The number of rotatable bonds is 12. The summed E-state index contributed by atoms with van der Waals surface area (Å²) in [6.07, 6.45) is 0.249. The Labute approximate surface area is 288 Å². The van der Waals surface area contributed by atoms with Gasteiger partial charge in [-0.1, -0.05) is 84.9 Å². The minimum atomic E-state index is -1.11.